The average Bonchev–Trinajstić information content (AvgIpc) is 3.00. The number of hydrogen-bond acceptors (Lipinski definition) is 5. The van der Waals surface area contributed by atoms with Gasteiger partial charge in [0.2, 0.25) is 0 Å². The monoisotopic (exact) mass is 329 g/mol. The molecule has 2 aliphatic heterocycles. The molecular formula is C18H23N3O3. The Bertz CT molecular complexity index is 701. The predicted octanol–water partition coefficient (Wildman–Crippen LogP) is 1.86. The van der Waals surface area contributed by atoms with E-state index >= 15 is 0 Å². The van der Waals surface area contributed by atoms with E-state index in [9.17, 15) is 0 Å². The van der Waals surface area contributed by atoms with E-state index in [0.717, 1.165) is 44.3 Å². The first-order valence-corrected chi connectivity index (χ1v) is 8.48. The van der Waals surface area contributed by atoms with E-state index in [1.165, 1.54) is 11.1 Å². The molecule has 1 aromatic carbocycles. The zero-order valence-electron chi connectivity index (χ0n) is 14.0. The van der Waals surface area contributed by atoms with Crippen LogP contribution in [0.2, 0.25) is 0 Å². The van der Waals surface area contributed by atoms with Gasteiger partial charge in [-0.05, 0) is 30.2 Å². The summed E-state index contributed by atoms with van der Waals surface area (Å²) in [6.07, 6.45) is 4.12. The van der Waals surface area contributed by atoms with E-state index in [4.69, 9.17) is 14.2 Å². The van der Waals surface area contributed by atoms with Crippen molar-refractivity contribution in [1.82, 2.24) is 14.7 Å². The smallest absolute Gasteiger partial charge is 0.161 e. The molecule has 0 radical (unpaired) electrons. The minimum absolute atomic E-state index is 0.176. The first-order chi connectivity index (χ1) is 11.8. The minimum Gasteiger partial charge on any atom is -0.486 e. The number of nitrogens with zero attached hydrogens (tertiary/aromatic N) is 3. The predicted molar refractivity (Wildman–Crippen MR) is 89.4 cm³/mol. The van der Waals surface area contributed by atoms with Crippen molar-refractivity contribution < 1.29 is 14.2 Å². The molecule has 1 fully saturated rings. The van der Waals surface area contributed by atoms with Crippen LogP contribution in [0.5, 0.6) is 11.5 Å². The first kappa shape index (κ1) is 15.5. The third-order valence-corrected chi connectivity index (χ3v) is 4.39. The van der Waals surface area contributed by atoms with E-state index in [2.05, 4.69) is 35.3 Å². The van der Waals surface area contributed by atoms with Crippen molar-refractivity contribution in [2.75, 3.05) is 32.9 Å². The fraction of sp³-hybridized carbons (Fsp3) is 0.500. The molecule has 6 nitrogen and oxygen atoms in total. The van der Waals surface area contributed by atoms with Gasteiger partial charge in [0.05, 0.1) is 25.5 Å². The Labute approximate surface area is 141 Å². The highest BCUT2D eigenvalue weighted by Crippen LogP contribution is 2.31. The Morgan fingerprint density at radius 1 is 1.17 bits per heavy atom. The quantitative estimate of drug-likeness (QED) is 0.857. The molecule has 0 saturated carbocycles. The molecule has 6 heteroatoms. The van der Waals surface area contributed by atoms with E-state index in [0.29, 0.717) is 13.2 Å². The van der Waals surface area contributed by atoms with Gasteiger partial charge in [0.15, 0.2) is 11.5 Å². The second-order valence-electron chi connectivity index (χ2n) is 6.45. The van der Waals surface area contributed by atoms with Crippen LogP contribution in [0.3, 0.4) is 0 Å². The second kappa shape index (κ2) is 6.83. The highest BCUT2D eigenvalue weighted by atomic mass is 16.6. The summed E-state index contributed by atoms with van der Waals surface area (Å²) < 4.78 is 19.1. The van der Waals surface area contributed by atoms with Crippen molar-refractivity contribution in [3.05, 3.63) is 41.7 Å². The van der Waals surface area contributed by atoms with Crippen LogP contribution in [-0.2, 0) is 17.8 Å². The SMILES string of the molecule is Cc1cnn(C[C@H]2CN(Cc3ccc4c(c3)OCCO4)CCO2)c1. The van der Waals surface area contributed by atoms with Gasteiger partial charge in [-0.3, -0.25) is 9.58 Å². The largest absolute Gasteiger partial charge is 0.486 e. The topological polar surface area (TPSA) is 48.8 Å². The lowest BCUT2D eigenvalue weighted by molar-refractivity contribution is -0.0402. The Morgan fingerprint density at radius 3 is 2.88 bits per heavy atom. The fourth-order valence-electron chi connectivity index (χ4n) is 3.25. The molecule has 3 heterocycles. The number of aryl methyl sites for hydroxylation is 1. The molecule has 0 spiro atoms. The van der Waals surface area contributed by atoms with Gasteiger partial charge in [0, 0.05) is 25.8 Å². The van der Waals surface area contributed by atoms with Crippen LogP contribution < -0.4 is 9.47 Å². The third kappa shape index (κ3) is 3.55. The van der Waals surface area contributed by atoms with E-state index < -0.39 is 0 Å². The number of hydrogen-bond donors (Lipinski definition) is 0. The zero-order valence-corrected chi connectivity index (χ0v) is 14.0. The van der Waals surface area contributed by atoms with Crippen LogP contribution in [0.1, 0.15) is 11.1 Å². The Kier molecular flexibility index (Phi) is 4.40. The molecule has 24 heavy (non-hydrogen) atoms. The Morgan fingerprint density at radius 2 is 2.04 bits per heavy atom. The maximum absolute atomic E-state index is 5.90. The molecule has 1 atom stereocenters. The van der Waals surface area contributed by atoms with E-state index in [-0.39, 0.29) is 6.10 Å². The molecular weight excluding hydrogens is 306 g/mol. The van der Waals surface area contributed by atoms with Crippen LogP contribution in [0.25, 0.3) is 0 Å². The van der Waals surface area contributed by atoms with Crippen LogP contribution in [0, 0.1) is 6.92 Å². The summed E-state index contributed by atoms with van der Waals surface area (Å²) in [5.74, 6) is 1.70. The van der Waals surface area contributed by atoms with Gasteiger partial charge in [-0.15, -0.1) is 0 Å². The summed E-state index contributed by atoms with van der Waals surface area (Å²) >= 11 is 0. The molecule has 2 aliphatic rings. The molecule has 0 N–H and O–H groups in total. The molecule has 1 aromatic heterocycles. The van der Waals surface area contributed by atoms with Crippen molar-refractivity contribution >= 4 is 0 Å². The Balaban J connectivity index is 1.37. The van der Waals surface area contributed by atoms with Crippen molar-refractivity contribution in [3.63, 3.8) is 0 Å². The van der Waals surface area contributed by atoms with Crippen LogP contribution in [-0.4, -0.2) is 53.7 Å². The van der Waals surface area contributed by atoms with Gasteiger partial charge >= 0.3 is 0 Å². The minimum atomic E-state index is 0.176. The number of benzene rings is 1. The van der Waals surface area contributed by atoms with Gasteiger partial charge in [0.25, 0.3) is 0 Å². The Hall–Kier alpha value is -2.05. The molecule has 128 valence electrons. The van der Waals surface area contributed by atoms with Crippen molar-refractivity contribution in [1.29, 1.82) is 0 Å². The van der Waals surface area contributed by atoms with Crippen molar-refractivity contribution in [2.45, 2.75) is 26.1 Å². The highest BCUT2D eigenvalue weighted by molar-refractivity contribution is 5.43. The molecule has 2 aromatic rings. The lowest BCUT2D eigenvalue weighted by atomic mass is 10.1. The maximum atomic E-state index is 5.90. The molecule has 0 unspecified atom stereocenters. The summed E-state index contributed by atoms with van der Waals surface area (Å²) in [4.78, 5) is 2.43. The number of morpholine rings is 1. The molecule has 4 rings (SSSR count). The van der Waals surface area contributed by atoms with Gasteiger partial charge in [-0.2, -0.15) is 5.10 Å². The number of fused-ring (bicyclic) bond motifs is 1. The highest BCUT2D eigenvalue weighted by Gasteiger charge is 2.22. The molecule has 0 amide bonds. The van der Waals surface area contributed by atoms with Gasteiger partial charge < -0.3 is 14.2 Å². The standard InChI is InChI=1S/C18H23N3O3/c1-14-9-19-21(10-14)13-16-12-20(4-5-22-16)11-15-2-3-17-18(8-15)24-7-6-23-17/h2-3,8-10,16H,4-7,11-13H2,1H3/t16-/m1/s1. The van der Waals surface area contributed by atoms with Crippen LogP contribution >= 0.6 is 0 Å². The zero-order chi connectivity index (χ0) is 16.4. The molecule has 0 bridgehead atoms. The number of rotatable bonds is 4. The number of ether oxygens (including phenoxy) is 3. The fourth-order valence-corrected chi connectivity index (χ4v) is 3.25. The normalized spacial score (nSPS) is 21.0. The second-order valence-corrected chi connectivity index (χ2v) is 6.45. The summed E-state index contributed by atoms with van der Waals surface area (Å²) in [5.41, 5.74) is 2.42. The van der Waals surface area contributed by atoms with E-state index in [1.54, 1.807) is 0 Å². The average molecular weight is 329 g/mol. The lowest BCUT2D eigenvalue weighted by Gasteiger charge is -2.33. The third-order valence-electron chi connectivity index (χ3n) is 4.39. The first-order valence-electron chi connectivity index (χ1n) is 8.48. The van der Waals surface area contributed by atoms with Crippen LogP contribution in [0.15, 0.2) is 30.6 Å². The van der Waals surface area contributed by atoms with Crippen molar-refractivity contribution in [3.8, 4) is 11.5 Å². The van der Waals surface area contributed by atoms with Gasteiger partial charge in [0.1, 0.15) is 13.2 Å². The maximum Gasteiger partial charge on any atom is 0.161 e. The van der Waals surface area contributed by atoms with Gasteiger partial charge in [-0.1, -0.05) is 6.07 Å². The molecule has 0 aliphatic carbocycles. The van der Waals surface area contributed by atoms with Crippen molar-refractivity contribution in [2.24, 2.45) is 0 Å². The van der Waals surface area contributed by atoms with E-state index in [1.807, 2.05) is 16.9 Å². The summed E-state index contributed by atoms with van der Waals surface area (Å²) in [5, 5.41) is 4.35. The van der Waals surface area contributed by atoms with Crippen LogP contribution in [0.4, 0.5) is 0 Å². The lowest BCUT2D eigenvalue weighted by Crippen LogP contribution is -2.43. The summed E-state index contributed by atoms with van der Waals surface area (Å²) in [6.45, 7) is 7.62. The summed E-state index contributed by atoms with van der Waals surface area (Å²) in [7, 11) is 0. The van der Waals surface area contributed by atoms with Gasteiger partial charge in [-0.25, -0.2) is 0 Å². The number of aromatic nitrogens is 2. The molecule has 1 saturated heterocycles. The summed E-state index contributed by atoms with van der Waals surface area (Å²) in [6, 6.07) is 6.22.